The number of aliphatic imine (C=N–C) groups is 1. The van der Waals surface area contributed by atoms with Crippen molar-refractivity contribution in [3.63, 3.8) is 0 Å². The Bertz CT molecular complexity index is 636. The van der Waals surface area contributed by atoms with Gasteiger partial charge in [0.1, 0.15) is 0 Å². The molecule has 1 aliphatic heterocycles. The third-order valence-electron chi connectivity index (χ3n) is 3.15. The van der Waals surface area contributed by atoms with Crippen molar-refractivity contribution >= 4 is 22.8 Å². The molecule has 0 aliphatic carbocycles. The first kappa shape index (κ1) is 18.6. The van der Waals surface area contributed by atoms with Crippen LogP contribution in [0.15, 0.2) is 23.2 Å². The molecule has 0 radical (unpaired) electrons. The van der Waals surface area contributed by atoms with E-state index in [0.717, 1.165) is 4.90 Å². The molecule has 0 aromatic heterocycles. The number of rotatable bonds is 2. The topological polar surface area (TPSA) is 32.7 Å². The summed E-state index contributed by atoms with van der Waals surface area (Å²) in [5, 5.41) is 0.300. The quantitative estimate of drug-likeness (QED) is 0.728. The van der Waals surface area contributed by atoms with Crippen LogP contribution in [0, 0.1) is 0 Å². The molecule has 10 heteroatoms. The largest absolute Gasteiger partial charge is 0.416 e. The molecule has 0 N–H and O–H groups in total. The van der Waals surface area contributed by atoms with Crippen LogP contribution in [0.5, 0.6) is 0 Å². The highest BCUT2D eigenvalue weighted by molar-refractivity contribution is 8.13. The molecule has 0 saturated heterocycles. The summed E-state index contributed by atoms with van der Waals surface area (Å²) in [5.74, 6) is -0.359. The Morgan fingerprint density at radius 3 is 2.12 bits per heavy atom. The summed E-state index contributed by atoms with van der Waals surface area (Å²) in [6.07, 6.45) is -9.98. The maximum Gasteiger partial charge on any atom is 0.416 e. The van der Waals surface area contributed by atoms with Gasteiger partial charge in [0.05, 0.1) is 17.7 Å². The lowest BCUT2D eigenvalue weighted by atomic mass is 10.0. The van der Waals surface area contributed by atoms with E-state index in [9.17, 15) is 31.1 Å². The molecule has 0 atom stereocenters. The van der Waals surface area contributed by atoms with E-state index in [-0.39, 0.29) is 19.2 Å². The first-order valence-corrected chi connectivity index (χ1v) is 7.81. The number of amides is 1. The van der Waals surface area contributed by atoms with Crippen molar-refractivity contribution in [2.45, 2.75) is 19.3 Å². The second kappa shape index (κ2) is 6.66. The van der Waals surface area contributed by atoms with Gasteiger partial charge in [-0.1, -0.05) is 18.7 Å². The fourth-order valence-electron chi connectivity index (χ4n) is 2.10. The highest BCUT2D eigenvalue weighted by atomic mass is 32.2. The summed E-state index contributed by atoms with van der Waals surface area (Å²) in [5.41, 5.74) is -3.69. The van der Waals surface area contributed by atoms with Crippen LogP contribution < -0.4 is 0 Å². The number of carbonyl (C=O) groups excluding carboxylic acids is 1. The minimum Gasteiger partial charge on any atom is -0.286 e. The van der Waals surface area contributed by atoms with E-state index in [4.69, 9.17) is 0 Å². The molecule has 1 aromatic carbocycles. The normalized spacial score (nSPS) is 15.6. The predicted octanol–water partition coefficient (Wildman–Crippen LogP) is 4.29. The first-order valence-electron chi connectivity index (χ1n) is 6.82. The predicted molar refractivity (Wildman–Crippen MR) is 77.9 cm³/mol. The summed E-state index contributed by atoms with van der Waals surface area (Å²) in [7, 11) is 0. The average molecular weight is 370 g/mol. The number of thioether (sulfide) groups is 1. The lowest BCUT2D eigenvalue weighted by molar-refractivity contribution is -0.143. The highest BCUT2D eigenvalue weighted by Gasteiger charge is 2.38. The van der Waals surface area contributed by atoms with Crippen LogP contribution in [0.4, 0.5) is 26.3 Å². The number of hydrogen-bond acceptors (Lipinski definition) is 3. The minimum absolute atomic E-state index is 0.00342. The Hall–Kier alpha value is -1.71. The fourth-order valence-corrected chi connectivity index (χ4v) is 2.87. The molecular formula is C14H12F6N2OS. The van der Waals surface area contributed by atoms with Crippen molar-refractivity contribution in [3.05, 3.63) is 34.9 Å². The van der Waals surface area contributed by atoms with Crippen molar-refractivity contribution in [1.82, 2.24) is 4.90 Å². The second-order valence-electron chi connectivity index (χ2n) is 4.85. The van der Waals surface area contributed by atoms with Crippen LogP contribution in [0.25, 0.3) is 0 Å². The molecule has 0 bridgehead atoms. The van der Waals surface area contributed by atoms with E-state index < -0.39 is 35.0 Å². The molecule has 1 heterocycles. The molecule has 3 nitrogen and oxygen atoms in total. The van der Waals surface area contributed by atoms with E-state index in [2.05, 4.69) is 4.99 Å². The molecule has 24 heavy (non-hydrogen) atoms. The third kappa shape index (κ3) is 4.03. The lowest BCUT2D eigenvalue weighted by Crippen LogP contribution is -2.33. The maximum absolute atomic E-state index is 12.9. The monoisotopic (exact) mass is 370 g/mol. The molecule has 0 fully saturated rings. The van der Waals surface area contributed by atoms with E-state index in [1.54, 1.807) is 6.92 Å². The smallest absolute Gasteiger partial charge is 0.286 e. The van der Waals surface area contributed by atoms with Gasteiger partial charge in [-0.3, -0.25) is 14.7 Å². The van der Waals surface area contributed by atoms with Gasteiger partial charge in [0.15, 0.2) is 5.17 Å². The molecule has 132 valence electrons. The van der Waals surface area contributed by atoms with Crippen molar-refractivity contribution in [2.24, 2.45) is 4.99 Å². The second-order valence-corrected chi connectivity index (χ2v) is 6.08. The van der Waals surface area contributed by atoms with E-state index in [0.29, 0.717) is 23.1 Å². The number of alkyl halides is 6. The zero-order chi connectivity index (χ0) is 18.1. The number of amidine groups is 1. The molecule has 2 rings (SSSR count). The Morgan fingerprint density at radius 1 is 1.12 bits per heavy atom. The summed E-state index contributed by atoms with van der Waals surface area (Å²) in [4.78, 5) is 17.5. The van der Waals surface area contributed by atoms with Gasteiger partial charge in [0.2, 0.25) is 0 Å². The van der Waals surface area contributed by atoms with Crippen molar-refractivity contribution in [1.29, 1.82) is 0 Å². The van der Waals surface area contributed by atoms with Gasteiger partial charge in [-0.05, 0) is 24.0 Å². The number of nitrogens with zero attached hydrogens (tertiary/aromatic N) is 2. The summed E-state index contributed by atoms with van der Waals surface area (Å²) in [6.45, 7) is 2.18. The lowest BCUT2D eigenvalue weighted by Gasteiger charge is -2.19. The van der Waals surface area contributed by atoms with Crippen molar-refractivity contribution in [3.8, 4) is 0 Å². The summed E-state index contributed by atoms with van der Waals surface area (Å²) in [6, 6.07) is 0.866. The van der Waals surface area contributed by atoms with Crippen molar-refractivity contribution in [2.75, 3.05) is 18.8 Å². The van der Waals surface area contributed by atoms with Crippen LogP contribution in [-0.2, 0) is 12.4 Å². The fraction of sp³-hybridized carbons (Fsp3) is 0.429. The average Bonchev–Trinajstić information content (AvgIpc) is 2.93. The van der Waals surface area contributed by atoms with Gasteiger partial charge >= 0.3 is 12.4 Å². The van der Waals surface area contributed by atoms with Gasteiger partial charge in [-0.25, -0.2) is 0 Å². The molecule has 0 spiro atoms. The molecule has 0 unspecified atom stereocenters. The van der Waals surface area contributed by atoms with Gasteiger partial charge in [-0.15, -0.1) is 0 Å². The molecular weight excluding hydrogens is 358 g/mol. The van der Waals surface area contributed by atoms with E-state index in [1.165, 1.54) is 11.8 Å². The SMILES string of the molecule is CCSC1=NCCN1C(=O)c1cc(C(F)(F)F)cc(C(F)(F)F)c1. The van der Waals surface area contributed by atoms with Crippen LogP contribution in [0.3, 0.4) is 0 Å². The standard InChI is InChI=1S/C14H12F6N2OS/c1-2-24-12-21-3-4-22(12)11(23)8-5-9(13(15,16)17)7-10(6-8)14(18,19)20/h5-7H,2-4H2,1H3. The van der Waals surface area contributed by atoms with Crippen LogP contribution >= 0.6 is 11.8 Å². The maximum atomic E-state index is 12.9. The molecule has 1 aliphatic rings. The van der Waals surface area contributed by atoms with Gasteiger partial charge in [-0.2, -0.15) is 26.3 Å². The van der Waals surface area contributed by atoms with Crippen LogP contribution in [0.1, 0.15) is 28.4 Å². The highest BCUT2D eigenvalue weighted by Crippen LogP contribution is 2.36. The van der Waals surface area contributed by atoms with Crippen LogP contribution in [0.2, 0.25) is 0 Å². The number of halogens is 6. The molecule has 0 saturated carbocycles. The number of carbonyl (C=O) groups is 1. The Labute approximate surface area is 137 Å². The molecule has 1 aromatic rings. The zero-order valence-electron chi connectivity index (χ0n) is 12.3. The van der Waals surface area contributed by atoms with Crippen LogP contribution in [-0.4, -0.2) is 34.8 Å². The van der Waals surface area contributed by atoms with Gasteiger partial charge < -0.3 is 0 Å². The van der Waals surface area contributed by atoms with Crippen molar-refractivity contribution < 1.29 is 31.1 Å². The Kier molecular flexibility index (Phi) is 5.17. The number of hydrogen-bond donors (Lipinski definition) is 0. The Morgan fingerprint density at radius 2 is 1.67 bits per heavy atom. The zero-order valence-corrected chi connectivity index (χ0v) is 13.1. The third-order valence-corrected chi connectivity index (χ3v) is 4.05. The minimum atomic E-state index is -4.99. The van der Waals surface area contributed by atoms with Gasteiger partial charge in [0.25, 0.3) is 5.91 Å². The van der Waals surface area contributed by atoms with Gasteiger partial charge in [0, 0.05) is 12.1 Å². The van der Waals surface area contributed by atoms with E-state index >= 15 is 0 Å². The Balaban J connectivity index is 2.46. The summed E-state index contributed by atoms with van der Waals surface area (Å²) < 4.78 is 77.1. The molecule has 1 amide bonds. The number of benzene rings is 1. The summed E-state index contributed by atoms with van der Waals surface area (Å²) >= 11 is 1.20. The van der Waals surface area contributed by atoms with E-state index in [1.807, 2.05) is 0 Å². The first-order chi connectivity index (χ1) is 11.0.